The molecule has 1 N–H and O–H groups in total. The van der Waals surface area contributed by atoms with Crippen LogP contribution in [0.2, 0.25) is 0 Å². The van der Waals surface area contributed by atoms with Crippen LogP contribution in [0.3, 0.4) is 0 Å². The molecule has 0 atom stereocenters. The van der Waals surface area contributed by atoms with Crippen LogP contribution in [-0.2, 0) is 6.54 Å². The highest BCUT2D eigenvalue weighted by molar-refractivity contribution is 5.97. The molecule has 0 unspecified atom stereocenters. The smallest absolute Gasteiger partial charge is 0.352 e. The maximum atomic E-state index is 11.2. The minimum Gasteiger partial charge on any atom is -0.477 e. The average molecular weight is 249 g/mol. The molecule has 0 fully saturated rings. The number of aryl methyl sites for hydroxylation is 1. The second-order valence-corrected chi connectivity index (χ2v) is 3.83. The van der Waals surface area contributed by atoms with E-state index in [2.05, 4.69) is 10.1 Å². The minimum atomic E-state index is -1.11. The Hall–Kier alpha value is -2.44. The number of ketones is 1. The van der Waals surface area contributed by atoms with E-state index in [-0.39, 0.29) is 18.0 Å². The van der Waals surface area contributed by atoms with Crippen molar-refractivity contribution in [3.05, 3.63) is 35.2 Å². The van der Waals surface area contributed by atoms with Crippen LogP contribution >= 0.6 is 0 Å². The lowest BCUT2D eigenvalue weighted by molar-refractivity contribution is 0.0685. The fourth-order valence-electron chi connectivity index (χ4n) is 1.57. The number of Topliss-reactive ketones (excluding diaryl/α,β-unsaturated/α-hetero) is 1. The molecule has 2 aromatic heterocycles. The molecule has 2 rings (SSSR count). The predicted octanol–water partition coefficient (Wildman–Crippen LogP) is 1.13. The van der Waals surface area contributed by atoms with Gasteiger partial charge >= 0.3 is 5.97 Å². The fourth-order valence-corrected chi connectivity index (χ4v) is 1.57. The lowest BCUT2D eigenvalue weighted by Gasteiger charge is -2.01. The maximum Gasteiger partial charge on any atom is 0.352 e. The van der Waals surface area contributed by atoms with Crippen molar-refractivity contribution in [1.82, 2.24) is 14.7 Å². The second-order valence-electron chi connectivity index (χ2n) is 3.83. The van der Waals surface area contributed by atoms with Gasteiger partial charge < -0.3 is 14.2 Å². The van der Waals surface area contributed by atoms with Crippen LogP contribution < -0.4 is 0 Å². The third-order valence-electron chi connectivity index (χ3n) is 2.40. The van der Waals surface area contributed by atoms with E-state index in [1.54, 1.807) is 6.92 Å². The Morgan fingerprint density at radius 1 is 1.50 bits per heavy atom. The summed E-state index contributed by atoms with van der Waals surface area (Å²) in [4.78, 5) is 26.3. The van der Waals surface area contributed by atoms with Gasteiger partial charge in [0.2, 0.25) is 5.89 Å². The molecule has 0 spiro atoms. The number of hydrogen-bond acceptors (Lipinski definition) is 5. The summed E-state index contributed by atoms with van der Waals surface area (Å²) in [5.74, 6) is -0.537. The highest BCUT2D eigenvalue weighted by Crippen LogP contribution is 2.11. The molecule has 0 aliphatic heterocycles. The first kappa shape index (κ1) is 12.0. The van der Waals surface area contributed by atoms with Gasteiger partial charge in [-0.1, -0.05) is 5.16 Å². The van der Waals surface area contributed by atoms with Crippen LogP contribution in [0.1, 0.15) is 39.5 Å². The average Bonchev–Trinajstić information content (AvgIpc) is 2.85. The summed E-state index contributed by atoms with van der Waals surface area (Å²) in [7, 11) is 0. The fraction of sp³-hybridized carbons (Fsp3) is 0.273. The Morgan fingerprint density at radius 2 is 2.22 bits per heavy atom. The van der Waals surface area contributed by atoms with Crippen LogP contribution in [0.25, 0.3) is 0 Å². The third kappa shape index (κ3) is 2.29. The van der Waals surface area contributed by atoms with E-state index >= 15 is 0 Å². The zero-order valence-electron chi connectivity index (χ0n) is 9.88. The number of nitrogens with zero attached hydrogens (tertiary/aromatic N) is 3. The molecule has 2 heterocycles. The van der Waals surface area contributed by atoms with Crippen molar-refractivity contribution in [2.45, 2.75) is 20.4 Å². The van der Waals surface area contributed by atoms with Gasteiger partial charge in [0.1, 0.15) is 5.69 Å². The van der Waals surface area contributed by atoms with Gasteiger partial charge in [-0.15, -0.1) is 0 Å². The molecule has 0 aliphatic rings. The van der Waals surface area contributed by atoms with Crippen molar-refractivity contribution < 1.29 is 19.2 Å². The Morgan fingerprint density at radius 3 is 2.72 bits per heavy atom. The molecule has 0 saturated heterocycles. The van der Waals surface area contributed by atoms with Gasteiger partial charge in [0.25, 0.3) is 0 Å². The Labute approximate surface area is 102 Å². The summed E-state index contributed by atoms with van der Waals surface area (Å²) in [6.45, 7) is 3.17. The van der Waals surface area contributed by atoms with Gasteiger partial charge in [0, 0.05) is 18.7 Å². The zero-order chi connectivity index (χ0) is 13.3. The summed E-state index contributed by atoms with van der Waals surface area (Å²) < 4.78 is 6.21. The summed E-state index contributed by atoms with van der Waals surface area (Å²) in [6, 6.07) is 1.33. The number of carboxylic acid groups (broad SMARTS) is 1. The number of carboxylic acids is 1. The number of hydrogen-bond donors (Lipinski definition) is 1. The normalized spacial score (nSPS) is 10.6. The van der Waals surface area contributed by atoms with Gasteiger partial charge in [0.05, 0.1) is 6.54 Å². The summed E-state index contributed by atoms with van der Waals surface area (Å²) >= 11 is 0. The molecule has 0 bridgehead atoms. The van der Waals surface area contributed by atoms with Crippen molar-refractivity contribution in [3.8, 4) is 0 Å². The van der Waals surface area contributed by atoms with E-state index in [4.69, 9.17) is 9.63 Å². The number of aromatic nitrogens is 3. The van der Waals surface area contributed by atoms with Gasteiger partial charge in [-0.25, -0.2) is 4.79 Å². The Bertz CT molecular complexity index is 612. The number of carbonyl (C=O) groups is 2. The van der Waals surface area contributed by atoms with E-state index in [0.29, 0.717) is 17.3 Å². The van der Waals surface area contributed by atoms with Gasteiger partial charge in [-0.2, -0.15) is 4.98 Å². The molecular formula is C11H11N3O4. The molecule has 0 saturated carbocycles. The number of rotatable bonds is 4. The van der Waals surface area contributed by atoms with Gasteiger partial charge in [-0.3, -0.25) is 4.79 Å². The predicted molar refractivity (Wildman–Crippen MR) is 59.5 cm³/mol. The summed E-state index contributed by atoms with van der Waals surface area (Å²) in [6.07, 6.45) is 1.47. The lowest BCUT2D eigenvalue weighted by Crippen LogP contribution is -2.09. The van der Waals surface area contributed by atoms with E-state index in [1.807, 2.05) is 0 Å². The van der Waals surface area contributed by atoms with Crippen molar-refractivity contribution in [1.29, 1.82) is 0 Å². The second kappa shape index (κ2) is 4.44. The van der Waals surface area contributed by atoms with Crippen molar-refractivity contribution in [2.75, 3.05) is 0 Å². The van der Waals surface area contributed by atoms with E-state index in [0.717, 1.165) is 0 Å². The van der Waals surface area contributed by atoms with Crippen LogP contribution in [0.4, 0.5) is 0 Å². The van der Waals surface area contributed by atoms with E-state index in [1.165, 1.54) is 23.8 Å². The molecule has 0 amide bonds. The minimum absolute atomic E-state index is 0.0163. The van der Waals surface area contributed by atoms with Crippen molar-refractivity contribution >= 4 is 11.8 Å². The molecule has 7 heteroatoms. The molecule has 7 nitrogen and oxygen atoms in total. The molecule has 0 aliphatic carbocycles. The number of carbonyl (C=O) groups excluding carboxylic acids is 1. The van der Waals surface area contributed by atoms with Crippen molar-refractivity contribution in [3.63, 3.8) is 0 Å². The van der Waals surface area contributed by atoms with E-state index in [9.17, 15) is 9.59 Å². The highest BCUT2D eigenvalue weighted by atomic mass is 16.5. The first-order valence-corrected chi connectivity index (χ1v) is 5.21. The molecular weight excluding hydrogens is 238 g/mol. The number of aromatic carboxylic acids is 1. The van der Waals surface area contributed by atoms with Gasteiger partial charge in [0.15, 0.2) is 11.6 Å². The molecule has 0 aromatic carbocycles. The standard InChI is InChI=1S/C11H11N3O4/c1-6(15)8-3-9(11(16)17)14(4-8)5-10-12-7(2)18-13-10/h3-4H,5H2,1-2H3,(H,16,17). The molecule has 18 heavy (non-hydrogen) atoms. The topological polar surface area (TPSA) is 98.2 Å². The van der Waals surface area contributed by atoms with Crippen molar-refractivity contribution in [2.24, 2.45) is 0 Å². The van der Waals surface area contributed by atoms with Crippen LogP contribution in [0.5, 0.6) is 0 Å². The van der Waals surface area contributed by atoms with E-state index < -0.39 is 5.97 Å². The first-order valence-electron chi connectivity index (χ1n) is 5.21. The third-order valence-corrected chi connectivity index (χ3v) is 2.40. The summed E-state index contributed by atoms with van der Waals surface area (Å²) in [5.41, 5.74) is 0.357. The molecule has 0 radical (unpaired) electrons. The van der Waals surface area contributed by atoms with Crippen LogP contribution in [0.15, 0.2) is 16.8 Å². The lowest BCUT2D eigenvalue weighted by atomic mass is 10.2. The highest BCUT2D eigenvalue weighted by Gasteiger charge is 2.16. The zero-order valence-corrected chi connectivity index (χ0v) is 9.88. The molecule has 2 aromatic rings. The SMILES string of the molecule is CC(=O)c1cc(C(=O)O)n(Cc2noc(C)n2)c1. The van der Waals surface area contributed by atoms with Crippen LogP contribution in [-0.4, -0.2) is 31.6 Å². The monoisotopic (exact) mass is 249 g/mol. The Kier molecular flexibility index (Phi) is 2.97. The maximum absolute atomic E-state index is 11.2. The van der Waals surface area contributed by atoms with Crippen LogP contribution in [0, 0.1) is 6.92 Å². The molecule has 94 valence electrons. The van der Waals surface area contributed by atoms with Gasteiger partial charge in [-0.05, 0) is 13.0 Å². The Balaban J connectivity index is 2.36. The summed E-state index contributed by atoms with van der Waals surface area (Å²) in [5, 5.41) is 12.7. The first-order chi connectivity index (χ1) is 8.47. The largest absolute Gasteiger partial charge is 0.477 e. The quantitative estimate of drug-likeness (QED) is 0.815.